The molecule has 2 rings (SSSR count). The standard InChI is InChI=1S/C14H16FN3/c15-9-12(6-7-16)10-2-1-3-11(8-10)13-4-5-14(17)18-13/h1-4,6-8,12H,5,9,16H2,(H2,17,18)/b7-6-. The highest BCUT2D eigenvalue weighted by Gasteiger charge is 2.11. The van der Waals surface area contributed by atoms with Crippen molar-refractivity contribution in [3.05, 3.63) is 53.7 Å². The van der Waals surface area contributed by atoms with Gasteiger partial charge in [-0.05, 0) is 17.8 Å². The number of hydrogen-bond acceptors (Lipinski definition) is 3. The number of halogens is 1. The van der Waals surface area contributed by atoms with Crippen molar-refractivity contribution in [1.82, 2.24) is 0 Å². The molecule has 0 amide bonds. The van der Waals surface area contributed by atoms with Crippen molar-refractivity contribution in [2.24, 2.45) is 16.5 Å². The second-order valence-electron chi connectivity index (χ2n) is 4.17. The van der Waals surface area contributed by atoms with E-state index in [-0.39, 0.29) is 5.92 Å². The van der Waals surface area contributed by atoms with Gasteiger partial charge in [-0.2, -0.15) is 0 Å². The van der Waals surface area contributed by atoms with Gasteiger partial charge < -0.3 is 11.5 Å². The molecule has 0 fully saturated rings. The van der Waals surface area contributed by atoms with Gasteiger partial charge in [0, 0.05) is 17.9 Å². The van der Waals surface area contributed by atoms with Crippen LogP contribution in [-0.4, -0.2) is 12.5 Å². The Hall–Kier alpha value is -2.10. The molecule has 1 aromatic rings. The largest absolute Gasteiger partial charge is 0.405 e. The zero-order valence-electron chi connectivity index (χ0n) is 10.0. The van der Waals surface area contributed by atoms with E-state index in [9.17, 15) is 4.39 Å². The molecule has 0 radical (unpaired) electrons. The molecule has 0 aliphatic carbocycles. The first-order valence-corrected chi connectivity index (χ1v) is 5.82. The quantitative estimate of drug-likeness (QED) is 0.855. The number of allylic oxidation sites excluding steroid dienone is 1. The van der Waals surface area contributed by atoms with E-state index < -0.39 is 6.67 Å². The SMILES string of the molecule is N/C=C\C(CF)c1cccc(C2=CCC(N)=N2)c1. The zero-order valence-corrected chi connectivity index (χ0v) is 10.0. The minimum Gasteiger partial charge on any atom is -0.405 e. The predicted molar refractivity (Wildman–Crippen MR) is 72.7 cm³/mol. The van der Waals surface area contributed by atoms with Crippen molar-refractivity contribution in [3.8, 4) is 0 Å². The van der Waals surface area contributed by atoms with Crippen LogP contribution in [0.1, 0.15) is 23.5 Å². The Bertz CT molecular complexity index is 518. The van der Waals surface area contributed by atoms with E-state index >= 15 is 0 Å². The maximum atomic E-state index is 12.9. The second-order valence-corrected chi connectivity index (χ2v) is 4.17. The third kappa shape index (κ3) is 2.59. The first-order chi connectivity index (χ1) is 8.74. The van der Waals surface area contributed by atoms with Gasteiger partial charge in [-0.25, -0.2) is 4.99 Å². The molecule has 1 aliphatic heterocycles. The van der Waals surface area contributed by atoms with Crippen molar-refractivity contribution >= 4 is 11.5 Å². The third-order valence-corrected chi connectivity index (χ3v) is 2.89. The molecule has 0 bridgehead atoms. The molecule has 18 heavy (non-hydrogen) atoms. The maximum absolute atomic E-state index is 12.9. The summed E-state index contributed by atoms with van der Waals surface area (Å²) in [4.78, 5) is 4.25. The summed E-state index contributed by atoms with van der Waals surface area (Å²) >= 11 is 0. The van der Waals surface area contributed by atoms with Crippen LogP contribution in [0.15, 0.2) is 47.6 Å². The molecular weight excluding hydrogens is 229 g/mol. The molecule has 0 spiro atoms. The van der Waals surface area contributed by atoms with Crippen molar-refractivity contribution in [1.29, 1.82) is 0 Å². The van der Waals surface area contributed by atoms with Gasteiger partial charge in [0.1, 0.15) is 5.84 Å². The van der Waals surface area contributed by atoms with Crippen LogP contribution in [0.4, 0.5) is 4.39 Å². The van der Waals surface area contributed by atoms with E-state index in [1.807, 2.05) is 30.3 Å². The van der Waals surface area contributed by atoms with E-state index in [1.165, 1.54) is 6.20 Å². The van der Waals surface area contributed by atoms with Crippen LogP contribution in [0.5, 0.6) is 0 Å². The van der Waals surface area contributed by atoms with Crippen molar-refractivity contribution < 1.29 is 4.39 Å². The highest BCUT2D eigenvalue weighted by atomic mass is 19.1. The van der Waals surface area contributed by atoms with Crippen LogP contribution in [0.2, 0.25) is 0 Å². The Kier molecular flexibility index (Phi) is 3.77. The zero-order chi connectivity index (χ0) is 13.0. The monoisotopic (exact) mass is 245 g/mol. The number of amidine groups is 1. The molecule has 4 heteroatoms. The topological polar surface area (TPSA) is 64.4 Å². The fourth-order valence-electron chi connectivity index (χ4n) is 1.94. The summed E-state index contributed by atoms with van der Waals surface area (Å²) < 4.78 is 12.9. The average molecular weight is 245 g/mol. The highest BCUT2D eigenvalue weighted by molar-refractivity contribution is 5.93. The van der Waals surface area contributed by atoms with E-state index in [4.69, 9.17) is 11.5 Å². The lowest BCUT2D eigenvalue weighted by Gasteiger charge is -2.10. The van der Waals surface area contributed by atoms with Gasteiger partial charge in [0.05, 0.1) is 12.4 Å². The summed E-state index contributed by atoms with van der Waals surface area (Å²) in [6.45, 7) is -0.471. The first-order valence-electron chi connectivity index (χ1n) is 5.82. The van der Waals surface area contributed by atoms with E-state index in [2.05, 4.69) is 4.99 Å². The van der Waals surface area contributed by atoms with Crippen molar-refractivity contribution in [2.45, 2.75) is 12.3 Å². The number of aliphatic imine (C=N–C) groups is 1. The molecular formula is C14H16FN3. The number of rotatable bonds is 4. The first kappa shape index (κ1) is 12.4. The highest BCUT2D eigenvalue weighted by Crippen LogP contribution is 2.25. The molecule has 4 N–H and O–H groups in total. The minimum atomic E-state index is -0.471. The molecule has 1 unspecified atom stereocenters. The van der Waals surface area contributed by atoms with Gasteiger partial charge in [0.2, 0.25) is 0 Å². The number of benzene rings is 1. The van der Waals surface area contributed by atoms with Crippen LogP contribution in [0.25, 0.3) is 5.70 Å². The number of alkyl halides is 1. The van der Waals surface area contributed by atoms with Crippen LogP contribution in [0, 0.1) is 0 Å². The van der Waals surface area contributed by atoms with E-state index in [1.54, 1.807) is 6.08 Å². The summed E-state index contributed by atoms with van der Waals surface area (Å²) in [5.41, 5.74) is 13.7. The molecule has 1 aromatic carbocycles. The number of hydrogen-bond donors (Lipinski definition) is 2. The van der Waals surface area contributed by atoms with Gasteiger partial charge in [0.15, 0.2) is 0 Å². The maximum Gasteiger partial charge on any atom is 0.104 e. The summed E-state index contributed by atoms with van der Waals surface area (Å²) in [5, 5.41) is 0. The fraction of sp³-hybridized carbons (Fsp3) is 0.214. The van der Waals surface area contributed by atoms with Gasteiger partial charge >= 0.3 is 0 Å². The van der Waals surface area contributed by atoms with Crippen LogP contribution in [-0.2, 0) is 0 Å². The minimum absolute atomic E-state index is 0.307. The molecule has 3 nitrogen and oxygen atoms in total. The van der Waals surface area contributed by atoms with Gasteiger partial charge in [-0.3, -0.25) is 4.39 Å². The van der Waals surface area contributed by atoms with Gasteiger partial charge in [0.25, 0.3) is 0 Å². The molecule has 0 saturated carbocycles. The van der Waals surface area contributed by atoms with Crippen molar-refractivity contribution in [3.63, 3.8) is 0 Å². The normalized spacial score (nSPS) is 16.7. The van der Waals surface area contributed by atoms with E-state index in [0.29, 0.717) is 12.3 Å². The summed E-state index contributed by atoms with van der Waals surface area (Å²) in [6.07, 6.45) is 5.67. The van der Waals surface area contributed by atoms with Crippen LogP contribution < -0.4 is 11.5 Å². The molecule has 1 aliphatic rings. The number of nitrogens with two attached hydrogens (primary N) is 2. The van der Waals surface area contributed by atoms with Gasteiger partial charge in [-0.1, -0.05) is 30.4 Å². The van der Waals surface area contributed by atoms with Crippen LogP contribution >= 0.6 is 0 Å². The Morgan fingerprint density at radius 3 is 2.89 bits per heavy atom. The Labute approximate surface area is 106 Å². The smallest absolute Gasteiger partial charge is 0.104 e. The summed E-state index contributed by atoms with van der Waals surface area (Å²) in [6, 6.07) is 7.65. The average Bonchev–Trinajstić information content (AvgIpc) is 2.83. The predicted octanol–water partition coefficient (Wildman–Crippen LogP) is 2.31. The third-order valence-electron chi connectivity index (χ3n) is 2.89. The molecule has 94 valence electrons. The molecule has 1 atom stereocenters. The summed E-state index contributed by atoms with van der Waals surface area (Å²) in [7, 11) is 0. The Balaban J connectivity index is 2.30. The number of nitrogens with zero attached hydrogens (tertiary/aromatic N) is 1. The lowest BCUT2D eigenvalue weighted by atomic mass is 9.97. The summed E-state index contributed by atoms with van der Waals surface area (Å²) in [5.74, 6) is 0.303. The lowest BCUT2D eigenvalue weighted by Crippen LogP contribution is -2.06. The lowest BCUT2D eigenvalue weighted by molar-refractivity contribution is 0.466. The van der Waals surface area contributed by atoms with Crippen LogP contribution in [0.3, 0.4) is 0 Å². The van der Waals surface area contributed by atoms with Gasteiger partial charge in [-0.15, -0.1) is 0 Å². The van der Waals surface area contributed by atoms with Crippen molar-refractivity contribution in [2.75, 3.05) is 6.67 Å². The molecule has 0 saturated heterocycles. The Morgan fingerprint density at radius 1 is 1.44 bits per heavy atom. The Morgan fingerprint density at radius 2 is 2.28 bits per heavy atom. The van der Waals surface area contributed by atoms with E-state index in [0.717, 1.165) is 16.8 Å². The molecule has 1 heterocycles. The molecule has 0 aromatic heterocycles. The second kappa shape index (κ2) is 5.49. The fourth-order valence-corrected chi connectivity index (χ4v) is 1.94.